The fourth-order valence-electron chi connectivity index (χ4n) is 3.22. The first-order valence-electron chi connectivity index (χ1n) is 7.44. The summed E-state index contributed by atoms with van der Waals surface area (Å²) in [7, 11) is 0. The lowest BCUT2D eigenvalue weighted by Crippen LogP contribution is -2.52. The molecule has 2 unspecified atom stereocenters. The van der Waals surface area contributed by atoms with Crippen LogP contribution in [0.25, 0.3) is 0 Å². The molecular formula is C15H26N4O2. The molecule has 2 aliphatic heterocycles. The summed E-state index contributed by atoms with van der Waals surface area (Å²) in [6.07, 6.45) is 1.92. The van der Waals surface area contributed by atoms with Crippen LogP contribution in [0.4, 0.5) is 0 Å². The fourth-order valence-corrected chi connectivity index (χ4v) is 3.22. The molecule has 2 atom stereocenters. The van der Waals surface area contributed by atoms with Gasteiger partial charge in [-0.3, -0.25) is 10.4 Å². The van der Waals surface area contributed by atoms with Crippen molar-refractivity contribution in [3.05, 3.63) is 12.3 Å². The molecule has 0 aliphatic carbocycles. The molecule has 21 heavy (non-hydrogen) atoms. The van der Waals surface area contributed by atoms with Crippen molar-refractivity contribution in [2.45, 2.75) is 38.8 Å². The summed E-state index contributed by atoms with van der Waals surface area (Å²) in [5, 5.41) is 17.6. The topological polar surface area (TPSA) is 94.9 Å². The van der Waals surface area contributed by atoms with E-state index >= 15 is 0 Å². The zero-order valence-electron chi connectivity index (χ0n) is 12.9. The Hall–Kier alpha value is -1.24. The summed E-state index contributed by atoms with van der Waals surface area (Å²) in [6, 6.07) is 0.0650. The molecule has 0 radical (unpaired) electrons. The van der Waals surface area contributed by atoms with Gasteiger partial charge in [0.1, 0.15) is 11.5 Å². The Morgan fingerprint density at radius 3 is 2.57 bits per heavy atom. The highest BCUT2D eigenvalue weighted by Gasteiger charge is 2.47. The van der Waals surface area contributed by atoms with Crippen LogP contribution >= 0.6 is 0 Å². The van der Waals surface area contributed by atoms with Crippen LogP contribution in [0.2, 0.25) is 0 Å². The average Bonchev–Trinajstić information content (AvgIpc) is 2.74. The molecule has 0 saturated carbocycles. The Bertz CT molecular complexity index is 453. The standard InChI is InChI=1S/C15H26N4O2/c1-10(2)18-12(8-20)14(17)19-6-4-15(5-7-19)9-21-11(3)13(15)16/h11,13,17,20H,1,4-9,16H2,2-3H3. The molecule has 2 heterocycles. The molecule has 0 amide bonds. The minimum atomic E-state index is -0.243. The molecule has 6 heteroatoms. The number of ether oxygens (including phenoxy) is 1. The monoisotopic (exact) mass is 294 g/mol. The molecule has 0 aromatic heterocycles. The van der Waals surface area contributed by atoms with Crippen molar-refractivity contribution >= 4 is 11.5 Å². The number of nitrogens with two attached hydrogens (primary N) is 1. The largest absolute Gasteiger partial charge is 0.390 e. The maximum atomic E-state index is 9.38. The molecule has 2 aliphatic rings. The van der Waals surface area contributed by atoms with Crippen LogP contribution < -0.4 is 5.73 Å². The van der Waals surface area contributed by atoms with Crippen molar-refractivity contribution in [2.75, 3.05) is 26.3 Å². The first-order chi connectivity index (χ1) is 9.89. The van der Waals surface area contributed by atoms with E-state index in [4.69, 9.17) is 15.9 Å². The minimum Gasteiger partial charge on any atom is -0.390 e. The Morgan fingerprint density at radius 1 is 1.52 bits per heavy atom. The van der Waals surface area contributed by atoms with Gasteiger partial charge in [0.05, 0.1) is 19.3 Å². The van der Waals surface area contributed by atoms with Crippen LogP contribution in [0.3, 0.4) is 0 Å². The maximum absolute atomic E-state index is 9.38. The summed E-state index contributed by atoms with van der Waals surface area (Å²) >= 11 is 0. The zero-order chi connectivity index (χ0) is 15.6. The lowest BCUT2D eigenvalue weighted by atomic mass is 9.73. The highest BCUT2D eigenvalue weighted by atomic mass is 16.5. The summed E-state index contributed by atoms with van der Waals surface area (Å²) in [5.74, 6) is 0.288. The van der Waals surface area contributed by atoms with Gasteiger partial charge < -0.3 is 20.5 Å². The van der Waals surface area contributed by atoms with Gasteiger partial charge in [0.2, 0.25) is 0 Å². The van der Waals surface area contributed by atoms with E-state index in [1.165, 1.54) is 0 Å². The Labute approximate surface area is 126 Å². The average molecular weight is 294 g/mol. The van der Waals surface area contributed by atoms with Crippen molar-refractivity contribution in [2.24, 2.45) is 16.1 Å². The number of amidine groups is 1. The summed E-state index contributed by atoms with van der Waals surface area (Å²) in [4.78, 5) is 6.10. The number of hydrogen-bond donors (Lipinski definition) is 3. The van der Waals surface area contributed by atoms with Crippen LogP contribution in [0.15, 0.2) is 17.3 Å². The van der Waals surface area contributed by atoms with E-state index in [2.05, 4.69) is 11.6 Å². The number of piperidine rings is 1. The summed E-state index contributed by atoms with van der Waals surface area (Å²) in [5.41, 5.74) is 7.30. The van der Waals surface area contributed by atoms with Gasteiger partial charge in [-0.05, 0) is 26.7 Å². The normalized spacial score (nSPS) is 29.0. The first-order valence-corrected chi connectivity index (χ1v) is 7.44. The van der Waals surface area contributed by atoms with Gasteiger partial charge in [0.15, 0.2) is 0 Å². The second-order valence-corrected chi connectivity index (χ2v) is 6.19. The van der Waals surface area contributed by atoms with Crippen molar-refractivity contribution in [3.8, 4) is 0 Å². The number of rotatable bonds is 3. The molecule has 0 bridgehead atoms. The Morgan fingerprint density at radius 2 is 2.14 bits per heavy atom. The lowest BCUT2D eigenvalue weighted by molar-refractivity contribution is 0.0841. The predicted molar refractivity (Wildman–Crippen MR) is 83.7 cm³/mol. The summed E-state index contributed by atoms with van der Waals surface area (Å²) < 4.78 is 5.70. The molecule has 118 valence electrons. The van der Waals surface area contributed by atoms with E-state index in [1.807, 2.05) is 11.8 Å². The molecule has 0 aromatic carbocycles. The van der Waals surface area contributed by atoms with Crippen LogP contribution in [-0.4, -0.2) is 60.0 Å². The van der Waals surface area contributed by atoms with Gasteiger partial charge in [-0.25, -0.2) is 0 Å². The summed E-state index contributed by atoms with van der Waals surface area (Å²) in [6.45, 7) is 9.44. The molecule has 2 fully saturated rings. The van der Waals surface area contributed by atoms with Crippen LogP contribution in [-0.2, 0) is 4.74 Å². The van der Waals surface area contributed by atoms with Gasteiger partial charge in [-0.15, -0.1) is 0 Å². The number of nitrogens with zero attached hydrogens (tertiary/aromatic N) is 2. The molecule has 1 spiro atoms. The van der Waals surface area contributed by atoms with E-state index in [9.17, 15) is 5.11 Å². The van der Waals surface area contributed by atoms with Crippen LogP contribution in [0.5, 0.6) is 0 Å². The van der Waals surface area contributed by atoms with Crippen molar-refractivity contribution in [1.82, 2.24) is 4.90 Å². The van der Waals surface area contributed by atoms with Crippen LogP contribution in [0, 0.1) is 10.8 Å². The smallest absolute Gasteiger partial charge is 0.145 e. The highest BCUT2D eigenvalue weighted by Crippen LogP contribution is 2.41. The van der Waals surface area contributed by atoms with Crippen molar-refractivity contribution < 1.29 is 9.84 Å². The zero-order valence-corrected chi connectivity index (χ0v) is 12.9. The third kappa shape index (κ3) is 3.17. The van der Waals surface area contributed by atoms with E-state index < -0.39 is 0 Å². The molecular weight excluding hydrogens is 268 g/mol. The number of likely N-dealkylation sites (tertiary alicyclic amines) is 1. The predicted octanol–water partition coefficient (Wildman–Crippen LogP) is 0.759. The third-order valence-electron chi connectivity index (χ3n) is 4.67. The quantitative estimate of drug-likeness (QED) is 0.529. The van der Waals surface area contributed by atoms with Crippen molar-refractivity contribution in [1.29, 1.82) is 5.41 Å². The highest BCUT2D eigenvalue weighted by molar-refractivity contribution is 6.40. The van der Waals surface area contributed by atoms with Gasteiger partial charge in [0.25, 0.3) is 0 Å². The number of hydrogen-bond acceptors (Lipinski definition) is 5. The Balaban J connectivity index is 2.01. The Kier molecular flexibility index (Phi) is 4.81. The molecule has 0 aromatic rings. The SMILES string of the molecule is C=C(C)N=C(CO)C(=N)N1CCC2(CC1)COC(C)C2N. The number of aliphatic imine (C=N–C) groups is 1. The maximum Gasteiger partial charge on any atom is 0.145 e. The van der Waals surface area contributed by atoms with E-state index in [0.717, 1.165) is 25.9 Å². The number of nitrogens with one attached hydrogen (secondary N) is 1. The van der Waals surface area contributed by atoms with Crippen LogP contribution in [0.1, 0.15) is 26.7 Å². The number of aliphatic hydroxyl groups is 1. The van der Waals surface area contributed by atoms with Gasteiger partial charge in [0, 0.05) is 30.2 Å². The number of allylic oxidation sites excluding steroid dienone is 1. The van der Waals surface area contributed by atoms with Crippen molar-refractivity contribution in [3.63, 3.8) is 0 Å². The van der Waals surface area contributed by atoms with E-state index in [1.54, 1.807) is 6.92 Å². The van der Waals surface area contributed by atoms with Gasteiger partial charge in [-0.2, -0.15) is 0 Å². The fraction of sp³-hybridized carbons (Fsp3) is 0.733. The second-order valence-electron chi connectivity index (χ2n) is 6.19. The molecule has 2 saturated heterocycles. The molecule has 4 N–H and O–H groups in total. The number of aliphatic hydroxyl groups excluding tert-OH is 1. The van der Waals surface area contributed by atoms with E-state index in [-0.39, 0.29) is 30.0 Å². The van der Waals surface area contributed by atoms with Gasteiger partial charge >= 0.3 is 0 Å². The molecule has 2 rings (SSSR count). The molecule has 6 nitrogen and oxygen atoms in total. The van der Waals surface area contributed by atoms with Gasteiger partial charge in [-0.1, -0.05) is 6.58 Å². The first kappa shape index (κ1) is 16.1. The van der Waals surface area contributed by atoms with E-state index in [0.29, 0.717) is 18.0 Å². The third-order valence-corrected chi connectivity index (χ3v) is 4.67. The lowest BCUT2D eigenvalue weighted by Gasteiger charge is -2.42. The minimum absolute atomic E-state index is 0.0427. The second kappa shape index (κ2) is 6.25.